The molecule has 6 nitrogen and oxygen atoms in total. The number of halogens is 7. The monoisotopic (exact) mass is 470 g/mol. The molecule has 2 aromatic rings. The van der Waals surface area contributed by atoms with Crippen LogP contribution in [0.4, 0.5) is 27.6 Å². The topological polar surface area (TPSA) is 73.6 Å². The number of nitro benzene ring substituents is 1. The number of hydrogen-bond donors (Lipinski definition) is 1. The van der Waals surface area contributed by atoms with Crippen LogP contribution in [0.2, 0.25) is 10.0 Å². The van der Waals surface area contributed by atoms with Gasteiger partial charge in [0.15, 0.2) is 0 Å². The summed E-state index contributed by atoms with van der Waals surface area (Å²) in [6.07, 6.45) is -4.35. The van der Waals surface area contributed by atoms with Gasteiger partial charge in [-0.1, -0.05) is 23.2 Å². The van der Waals surface area contributed by atoms with Gasteiger partial charge < -0.3 is 4.74 Å². The Hall–Kier alpha value is -2.63. The summed E-state index contributed by atoms with van der Waals surface area (Å²) >= 11 is 11.6. The molecule has 1 aliphatic rings. The molecule has 0 saturated heterocycles. The summed E-state index contributed by atoms with van der Waals surface area (Å²) in [6.45, 7) is -3.39. The molecular weight excluding hydrogens is 462 g/mol. The van der Waals surface area contributed by atoms with E-state index in [-0.39, 0.29) is 21.3 Å². The smallest absolute Gasteiger partial charge is 0.427 e. The summed E-state index contributed by atoms with van der Waals surface area (Å²) in [4.78, 5) is 14.9. The van der Waals surface area contributed by atoms with E-state index in [1.807, 2.05) is 0 Å². The predicted molar refractivity (Wildman–Crippen MR) is 96.1 cm³/mol. The number of nitrogens with zero attached hydrogens (tertiary/aromatic N) is 1. The molecule has 3 rings (SSSR count). The van der Waals surface area contributed by atoms with Crippen LogP contribution in [0.1, 0.15) is 11.1 Å². The second-order valence-corrected chi connectivity index (χ2v) is 6.84. The van der Waals surface area contributed by atoms with Crippen LogP contribution in [0.15, 0.2) is 42.5 Å². The Kier molecular flexibility index (Phi) is 5.81. The molecule has 13 heteroatoms. The third-order valence-corrected chi connectivity index (χ3v) is 4.50. The maximum Gasteiger partial charge on any atom is 0.428 e. The number of rotatable bonds is 5. The first-order chi connectivity index (χ1) is 13.9. The highest BCUT2D eigenvalue weighted by Gasteiger charge is 2.59. The Labute approximate surface area is 174 Å². The van der Waals surface area contributed by atoms with E-state index in [2.05, 4.69) is 10.2 Å². The first-order valence-electron chi connectivity index (χ1n) is 7.87. The molecule has 1 aliphatic heterocycles. The molecule has 30 heavy (non-hydrogen) atoms. The van der Waals surface area contributed by atoms with E-state index in [9.17, 15) is 32.1 Å². The van der Waals surface area contributed by atoms with E-state index in [1.165, 1.54) is 6.07 Å². The zero-order chi connectivity index (χ0) is 22.3. The van der Waals surface area contributed by atoms with E-state index in [0.29, 0.717) is 6.08 Å². The number of benzene rings is 2. The van der Waals surface area contributed by atoms with Crippen molar-refractivity contribution in [3.05, 3.63) is 73.8 Å². The molecule has 0 radical (unpaired) electrons. The summed E-state index contributed by atoms with van der Waals surface area (Å²) in [5, 5.41) is 10.8. The number of alkyl halides is 5. The van der Waals surface area contributed by atoms with E-state index < -0.39 is 40.3 Å². The summed E-state index contributed by atoms with van der Waals surface area (Å²) in [7, 11) is 0. The van der Waals surface area contributed by atoms with Crippen molar-refractivity contribution >= 4 is 34.6 Å². The quantitative estimate of drug-likeness (QED) is 0.337. The Morgan fingerprint density at radius 3 is 2.30 bits per heavy atom. The van der Waals surface area contributed by atoms with Crippen LogP contribution in [0, 0.1) is 10.1 Å². The zero-order valence-electron chi connectivity index (χ0n) is 14.3. The first kappa shape index (κ1) is 22.1. The lowest BCUT2D eigenvalue weighted by molar-refractivity contribution is -0.386. The van der Waals surface area contributed by atoms with Crippen molar-refractivity contribution in [1.29, 1.82) is 0 Å². The van der Waals surface area contributed by atoms with Gasteiger partial charge in [0.1, 0.15) is 0 Å². The fraction of sp³-hybridized carbons (Fsp3) is 0.176. The highest BCUT2D eigenvalue weighted by atomic mass is 35.5. The van der Waals surface area contributed by atoms with E-state index in [1.54, 1.807) is 0 Å². The van der Waals surface area contributed by atoms with Crippen molar-refractivity contribution < 1.29 is 36.4 Å². The molecule has 0 aliphatic carbocycles. The molecule has 0 saturated carbocycles. The van der Waals surface area contributed by atoms with Crippen molar-refractivity contribution in [3.8, 4) is 5.75 Å². The highest BCUT2D eigenvalue weighted by Crippen LogP contribution is 2.48. The van der Waals surface area contributed by atoms with Gasteiger partial charge in [0.05, 0.1) is 10.6 Å². The zero-order valence-corrected chi connectivity index (χ0v) is 15.9. The number of ether oxygens (including phenoxy) is 1. The number of nitrogens with one attached hydrogen (secondary N) is 1. The van der Waals surface area contributed by atoms with Gasteiger partial charge in [-0.15, -0.1) is 0 Å². The molecule has 0 spiro atoms. The van der Waals surface area contributed by atoms with Crippen molar-refractivity contribution in [1.82, 2.24) is 5.48 Å². The maximum absolute atomic E-state index is 14.0. The van der Waals surface area contributed by atoms with Crippen LogP contribution in [-0.2, 0) is 10.4 Å². The van der Waals surface area contributed by atoms with Gasteiger partial charge in [0.2, 0.25) is 11.4 Å². The fourth-order valence-corrected chi connectivity index (χ4v) is 3.30. The molecule has 1 heterocycles. The molecular formula is C17H9Cl2F5N2O4. The van der Waals surface area contributed by atoms with E-state index in [0.717, 1.165) is 30.3 Å². The second-order valence-electron chi connectivity index (χ2n) is 5.97. The van der Waals surface area contributed by atoms with Crippen LogP contribution >= 0.6 is 23.2 Å². The minimum Gasteiger partial charge on any atom is -0.427 e. The van der Waals surface area contributed by atoms with Gasteiger partial charge in [-0.25, -0.2) is 0 Å². The second kappa shape index (κ2) is 7.89. The van der Waals surface area contributed by atoms with Gasteiger partial charge in [0, 0.05) is 27.2 Å². The minimum absolute atomic E-state index is 0.0745. The molecule has 0 bridgehead atoms. The van der Waals surface area contributed by atoms with E-state index in [4.69, 9.17) is 28.0 Å². The van der Waals surface area contributed by atoms with Crippen LogP contribution in [0.5, 0.6) is 5.75 Å². The molecule has 1 atom stereocenters. The van der Waals surface area contributed by atoms with Crippen LogP contribution in [0.3, 0.4) is 0 Å². The van der Waals surface area contributed by atoms with Crippen molar-refractivity contribution in [2.45, 2.75) is 18.4 Å². The van der Waals surface area contributed by atoms with Gasteiger partial charge in [-0.2, -0.15) is 22.0 Å². The number of nitro groups is 1. The normalized spacial score (nSPS) is 18.9. The SMILES string of the molecule is O=[N+]([O-])c1ccc(C2=CC(c3cc(Cl)cc(Cl)c3)(C(F)(F)F)ON2)cc1OC(F)F. The van der Waals surface area contributed by atoms with Crippen LogP contribution < -0.4 is 10.2 Å². The lowest BCUT2D eigenvalue weighted by Gasteiger charge is -2.28. The Morgan fingerprint density at radius 1 is 1.13 bits per heavy atom. The van der Waals surface area contributed by atoms with Gasteiger partial charge in [-0.05, 0) is 36.4 Å². The average Bonchev–Trinajstić information content (AvgIpc) is 3.06. The third-order valence-electron chi connectivity index (χ3n) is 4.07. The predicted octanol–water partition coefficient (Wildman–Crippen LogP) is 5.84. The summed E-state index contributed by atoms with van der Waals surface area (Å²) in [5.41, 5.74) is -2.59. The fourth-order valence-electron chi connectivity index (χ4n) is 2.78. The van der Waals surface area contributed by atoms with Crippen molar-refractivity contribution in [2.24, 2.45) is 0 Å². The number of hydrogen-bond acceptors (Lipinski definition) is 5. The lowest BCUT2D eigenvalue weighted by atomic mass is 9.91. The first-order valence-corrected chi connectivity index (χ1v) is 8.62. The molecule has 0 amide bonds. The Morgan fingerprint density at radius 2 is 1.77 bits per heavy atom. The molecule has 1 N–H and O–H groups in total. The molecule has 1 unspecified atom stereocenters. The lowest BCUT2D eigenvalue weighted by Crippen LogP contribution is -2.42. The average molecular weight is 471 g/mol. The van der Waals surface area contributed by atoms with Crippen molar-refractivity contribution in [2.75, 3.05) is 0 Å². The maximum atomic E-state index is 14.0. The molecule has 0 aromatic heterocycles. The molecule has 2 aromatic carbocycles. The largest absolute Gasteiger partial charge is 0.428 e. The minimum atomic E-state index is -4.99. The van der Waals surface area contributed by atoms with Gasteiger partial charge >= 0.3 is 18.5 Å². The van der Waals surface area contributed by atoms with Crippen LogP contribution in [-0.4, -0.2) is 17.7 Å². The Balaban J connectivity index is 2.12. The summed E-state index contributed by atoms with van der Waals surface area (Å²) < 4.78 is 71.2. The van der Waals surface area contributed by atoms with E-state index >= 15 is 0 Å². The summed E-state index contributed by atoms with van der Waals surface area (Å²) in [6, 6.07) is 5.90. The van der Waals surface area contributed by atoms with Gasteiger partial charge in [0.25, 0.3) is 0 Å². The molecule has 160 valence electrons. The van der Waals surface area contributed by atoms with Crippen LogP contribution in [0.25, 0.3) is 5.70 Å². The third kappa shape index (κ3) is 4.13. The molecule has 0 fully saturated rings. The van der Waals surface area contributed by atoms with Crippen molar-refractivity contribution in [3.63, 3.8) is 0 Å². The summed E-state index contributed by atoms with van der Waals surface area (Å²) in [5.74, 6) is -0.828. The standard InChI is InChI=1S/C17H9Cl2F5N2O4/c18-10-4-9(5-11(19)6-10)16(17(22,23)24)7-12(25-30-16)8-1-2-13(26(27)28)14(3-8)29-15(20)21/h1-7,15,25H. The number of hydroxylamine groups is 1. The van der Waals surface area contributed by atoms with Gasteiger partial charge in [-0.3, -0.25) is 20.4 Å². The highest BCUT2D eigenvalue weighted by molar-refractivity contribution is 6.34. The Bertz CT molecular complexity index is 1010.